The Morgan fingerprint density at radius 3 is 2.44 bits per heavy atom. The fraction of sp³-hybridized carbons (Fsp3) is 0.391. The molecule has 0 saturated carbocycles. The first-order valence-corrected chi connectivity index (χ1v) is 11.4. The molecule has 0 amide bonds. The molecule has 1 unspecified atom stereocenters. The molecule has 7 nitrogen and oxygen atoms in total. The lowest BCUT2D eigenvalue weighted by Gasteiger charge is -2.22. The number of methoxy groups -OCH3 is 3. The fourth-order valence-electron chi connectivity index (χ4n) is 3.72. The van der Waals surface area contributed by atoms with Crippen LogP contribution in [0, 0.1) is 5.82 Å². The number of rotatable bonds is 8. The lowest BCUT2D eigenvalue weighted by molar-refractivity contribution is 0.0315. The van der Waals surface area contributed by atoms with E-state index in [1.165, 1.54) is 17.8 Å². The summed E-state index contributed by atoms with van der Waals surface area (Å²) in [4.78, 5) is 0. The summed E-state index contributed by atoms with van der Waals surface area (Å²) >= 11 is 1.51. The fourth-order valence-corrected chi connectivity index (χ4v) is 4.73. The first-order valence-electron chi connectivity index (χ1n) is 10.4. The molecule has 1 saturated heterocycles. The van der Waals surface area contributed by atoms with E-state index < -0.39 is 0 Å². The molecule has 1 fully saturated rings. The van der Waals surface area contributed by atoms with Crippen LogP contribution in [0.15, 0.2) is 41.6 Å². The zero-order valence-corrected chi connectivity index (χ0v) is 19.2. The molecule has 0 spiro atoms. The molecule has 3 aromatic rings. The molecule has 2 aromatic carbocycles. The number of para-hydroxylation sites is 1. The summed E-state index contributed by atoms with van der Waals surface area (Å²) < 4.78 is 38.8. The van der Waals surface area contributed by atoms with Gasteiger partial charge < -0.3 is 18.9 Å². The van der Waals surface area contributed by atoms with Crippen LogP contribution >= 0.6 is 11.8 Å². The summed E-state index contributed by atoms with van der Waals surface area (Å²) in [5.74, 6) is 2.27. The van der Waals surface area contributed by atoms with E-state index in [9.17, 15) is 4.39 Å². The van der Waals surface area contributed by atoms with Crippen LogP contribution in [0.1, 0.15) is 19.3 Å². The molecule has 0 N–H and O–H groups in total. The summed E-state index contributed by atoms with van der Waals surface area (Å²) in [6.45, 7) is 0.780. The third-order valence-corrected chi connectivity index (χ3v) is 6.38. The quantitative estimate of drug-likeness (QED) is 0.450. The second-order valence-corrected chi connectivity index (χ2v) is 8.29. The maximum atomic E-state index is 14.9. The molecule has 1 atom stereocenters. The van der Waals surface area contributed by atoms with E-state index >= 15 is 0 Å². The van der Waals surface area contributed by atoms with Gasteiger partial charge in [-0.15, -0.1) is 10.2 Å². The Balaban J connectivity index is 1.79. The maximum Gasteiger partial charge on any atom is 0.203 e. The average molecular weight is 460 g/mol. The zero-order valence-electron chi connectivity index (χ0n) is 18.3. The number of nitrogens with zero attached hydrogens (tertiary/aromatic N) is 3. The van der Waals surface area contributed by atoms with Crippen molar-refractivity contribution in [1.82, 2.24) is 14.8 Å². The monoisotopic (exact) mass is 459 g/mol. The SMILES string of the molecule is COc1cc(-c2nnc(SCC3CCCCO3)n2-c2ccccc2F)cc(OC)c1OC. The van der Waals surface area contributed by atoms with Gasteiger partial charge in [-0.3, -0.25) is 4.57 Å². The van der Waals surface area contributed by atoms with Crippen LogP contribution in [0.4, 0.5) is 4.39 Å². The predicted molar refractivity (Wildman–Crippen MR) is 121 cm³/mol. The van der Waals surface area contributed by atoms with E-state index in [1.54, 1.807) is 56.2 Å². The number of halogens is 1. The Hall–Kier alpha value is -2.78. The van der Waals surface area contributed by atoms with E-state index in [2.05, 4.69) is 10.2 Å². The highest BCUT2D eigenvalue weighted by molar-refractivity contribution is 7.99. The van der Waals surface area contributed by atoms with Crippen LogP contribution in [0.3, 0.4) is 0 Å². The van der Waals surface area contributed by atoms with E-state index in [-0.39, 0.29) is 11.9 Å². The Morgan fingerprint density at radius 1 is 1.06 bits per heavy atom. The zero-order chi connectivity index (χ0) is 22.5. The van der Waals surface area contributed by atoms with Crippen molar-refractivity contribution in [3.63, 3.8) is 0 Å². The lowest BCUT2D eigenvalue weighted by Crippen LogP contribution is -2.21. The smallest absolute Gasteiger partial charge is 0.203 e. The normalized spacial score (nSPS) is 16.1. The number of ether oxygens (including phenoxy) is 4. The molecule has 0 bridgehead atoms. The van der Waals surface area contributed by atoms with Crippen LogP contribution in [0.25, 0.3) is 17.1 Å². The largest absolute Gasteiger partial charge is 0.493 e. The van der Waals surface area contributed by atoms with Crippen molar-refractivity contribution in [3.8, 4) is 34.3 Å². The van der Waals surface area contributed by atoms with Crippen molar-refractivity contribution in [3.05, 3.63) is 42.2 Å². The van der Waals surface area contributed by atoms with E-state index in [4.69, 9.17) is 18.9 Å². The minimum atomic E-state index is -0.364. The summed E-state index contributed by atoms with van der Waals surface area (Å²) in [6.07, 6.45) is 3.42. The van der Waals surface area contributed by atoms with Crippen molar-refractivity contribution in [2.75, 3.05) is 33.7 Å². The first kappa shape index (κ1) is 22.4. The number of thioether (sulfide) groups is 1. The van der Waals surface area contributed by atoms with Crippen molar-refractivity contribution in [2.24, 2.45) is 0 Å². The van der Waals surface area contributed by atoms with Crippen LogP contribution in [-0.2, 0) is 4.74 Å². The van der Waals surface area contributed by atoms with Gasteiger partial charge in [0.25, 0.3) is 0 Å². The Bertz CT molecular complexity index is 1040. The maximum absolute atomic E-state index is 14.9. The van der Waals surface area contributed by atoms with Gasteiger partial charge in [-0.1, -0.05) is 23.9 Å². The average Bonchev–Trinajstić information content (AvgIpc) is 3.26. The number of aromatic nitrogens is 3. The van der Waals surface area contributed by atoms with Crippen molar-refractivity contribution < 1.29 is 23.3 Å². The number of benzene rings is 2. The topological polar surface area (TPSA) is 67.6 Å². The second-order valence-electron chi connectivity index (χ2n) is 7.31. The molecule has 0 aliphatic carbocycles. The van der Waals surface area contributed by atoms with Crippen LogP contribution in [0.5, 0.6) is 17.2 Å². The number of hydrogen-bond acceptors (Lipinski definition) is 7. The lowest BCUT2D eigenvalue weighted by atomic mass is 10.1. The van der Waals surface area contributed by atoms with E-state index in [0.29, 0.717) is 39.5 Å². The molecule has 170 valence electrons. The van der Waals surface area contributed by atoms with Gasteiger partial charge in [0.05, 0.1) is 33.1 Å². The highest BCUT2D eigenvalue weighted by Gasteiger charge is 2.23. The van der Waals surface area contributed by atoms with Gasteiger partial charge in [0, 0.05) is 17.9 Å². The van der Waals surface area contributed by atoms with Gasteiger partial charge in [-0.2, -0.15) is 0 Å². The Morgan fingerprint density at radius 2 is 1.81 bits per heavy atom. The van der Waals surface area contributed by atoms with Crippen LogP contribution < -0.4 is 14.2 Å². The number of hydrogen-bond donors (Lipinski definition) is 0. The van der Waals surface area contributed by atoms with Gasteiger partial charge in [-0.05, 0) is 43.5 Å². The highest BCUT2D eigenvalue weighted by Crippen LogP contribution is 2.42. The van der Waals surface area contributed by atoms with Gasteiger partial charge in [0.15, 0.2) is 22.5 Å². The molecule has 9 heteroatoms. The summed E-state index contributed by atoms with van der Waals surface area (Å²) in [7, 11) is 4.65. The standard InChI is InChI=1S/C23H26FN3O4S/c1-28-19-12-15(13-20(29-2)21(19)30-3)22-25-26-23(32-14-16-8-6-7-11-31-16)27(22)18-10-5-4-9-17(18)24/h4-5,9-10,12-13,16H,6-8,11,14H2,1-3H3. The molecule has 4 rings (SSSR count). The minimum Gasteiger partial charge on any atom is -0.493 e. The first-order chi connectivity index (χ1) is 15.7. The minimum absolute atomic E-state index is 0.157. The third-order valence-electron chi connectivity index (χ3n) is 5.32. The van der Waals surface area contributed by atoms with Crippen molar-refractivity contribution >= 4 is 11.8 Å². The van der Waals surface area contributed by atoms with Gasteiger partial charge in [-0.25, -0.2) is 4.39 Å². The molecule has 2 heterocycles. The summed E-state index contributed by atoms with van der Waals surface area (Å²) in [6, 6.07) is 10.1. The van der Waals surface area contributed by atoms with Crippen molar-refractivity contribution in [2.45, 2.75) is 30.5 Å². The Labute approximate surface area is 190 Å². The molecule has 1 aliphatic heterocycles. The third kappa shape index (κ3) is 4.54. The predicted octanol–water partition coefficient (Wildman–Crippen LogP) is 4.76. The Kier molecular flexibility index (Phi) is 7.16. The van der Waals surface area contributed by atoms with E-state index in [0.717, 1.165) is 31.6 Å². The summed E-state index contributed by atoms with van der Waals surface area (Å²) in [5.41, 5.74) is 1.03. The molecule has 32 heavy (non-hydrogen) atoms. The molecular weight excluding hydrogens is 433 g/mol. The molecule has 0 radical (unpaired) electrons. The van der Waals surface area contributed by atoms with Gasteiger partial charge in [0.1, 0.15) is 5.82 Å². The molecule has 1 aliphatic rings. The van der Waals surface area contributed by atoms with Crippen molar-refractivity contribution in [1.29, 1.82) is 0 Å². The molecular formula is C23H26FN3O4S. The highest BCUT2D eigenvalue weighted by atomic mass is 32.2. The second kappa shape index (κ2) is 10.2. The summed E-state index contributed by atoms with van der Waals surface area (Å²) in [5, 5.41) is 9.39. The van der Waals surface area contributed by atoms with Gasteiger partial charge in [0.2, 0.25) is 5.75 Å². The van der Waals surface area contributed by atoms with Crippen LogP contribution in [-0.4, -0.2) is 54.6 Å². The van der Waals surface area contributed by atoms with Gasteiger partial charge >= 0.3 is 0 Å². The molecule has 1 aromatic heterocycles. The van der Waals surface area contributed by atoms with E-state index in [1.807, 2.05) is 0 Å². The van der Waals surface area contributed by atoms with Crippen LogP contribution in [0.2, 0.25) is 0 Å².